The van der Waals surface area contributed by atoms with Crippen LogP contribution in [0.3, 0.4) is 0 Å². The molecule has 2 aromatic rings. The maximum Gasteiger partial charge on any atom is 0.116 e. The minimum absolute atomic E-state index is 0.260. The first-order valence-electron chi connectivity index (χ1n) is 5.97. The fraction of sp³-hybridized carbons (Fsp3) is 0.188. The van der Waals surface area contributed by atoms with Crippen LogP contribution in [0.25, 0.3) is 0 Å². The van der Waals surface area contributed by atoms with Crippen molar-refractivity contribution in [3.8, 4) is 5.75 Å². The molecule has 2 rings (SSSR count). The van der Waals surface area contributed by atoms with Crippen LogP contribution in [0.4, 0.5) is 5.69 Å². The van der Waals surface area contributed by atoms with Crippen molar-refractivity contribution in [1.82, 2.24) is 0 Å². The molecule has 1 N–H and O–H groups in total. The summed E-state index contributed by atoms with van der Waals surface area (Å²) in [5, 5.41) is 9.39. The fourth-order valence-electron chi connectivity index (χ4n) is 2.12. The summed E-state index contributed by atoms with van der Waals surface area (Å²) < 4.78 is 0. The minimum atomic E-state index is 0.260. The van der Waals surface area contributed by atoms with Crippen molar-refractivity contribution in [2.24, 2.45) is 4.99 Å². The number of benzene rings is 2. The molecule has 0 aliphatic heterocycles. The summed E-state index contributed by atoms with van der Waals surface area (Å²) in [5.74, 6) is 0.260. The number of aromatic hydroxyl groups is 1. The number of phenols is 1. The molecule has 0 amide bonds. The van der Waals surface area contributed by atoms with Gasteiger partial charge in [-0.25, -0.2) is 0 Å². The van der Waals surface area contributed by atoms with E-state index in [2.05, 4.69) is 37.9 Å². The molecule has 0 atom stereocenters. The zero-order valence-corrected chi connectivity index (χ0v) is 10.9. The zero-order valence-electron chi connectivity index (χ0n) is 10.9. The van der Waals surface area contributed by atoms with Gasteiger partial charge in [-0.05, 0) is 49.6 Å². The summed E-state index contributed by atoms with van der Waals surface area (Å²) in [6.07, 6.45) is 1.78. The average molecular weight is 239 g/mol. The lowest BCUT2D eigenvalue weighted by Gasteiger charge is -2.06. The minimum Gasteiger partial charge on any atom is -0.508 e. The van der Waals surface area contributed by atoms with Crippen molar-refractivity contribution in [2.45, 2.75) is 20.8 Å². The lowest BCUT2D eigenvalue weighted by molar-refractivity contribution is 0.475. The zero-order chi connectivity index (χ0) is 13.1. The van der Waals surface area contributed by atoms with Crippen LogP contribution in [-0.4, -0.2) is 11.3 Å². The predicted octanol–water partition coefficient (Wildman–Crippen LogP) is 4.07. The molecule has 2 heteroatoms. The van der Waals surface area contributed by atoms with Crippen LogP contribution in [0.5, 0.6) is 5.75 Å². The maximum absolute atomic E-state index is 9.39. The molecule has 0 aliphatic carbocycles. The van der Waals surface area contributed by atoms with Crippen molar-refractivity contribution in [3.63, 3.8) is 0 Å². The molecule has 0 unspecified atom stereocenters. The molecule has 0 radical (unpaired) electrons. The van der Waals surface area contributed by atoms with E-state index in [-0.39, 0.29) is 5.75 Å². The van der Waals surface area contributed by atoms with E-state index in [1.165, 1.54) is 16.7 Å². The Labute approximate surface area is 108 Å². The van der Waals surface area contributed by atoms with Gasteiger partial charge in [0.15, 0.2) is 0 Å². The van der Waals surface area contributed by atoms with Crippen molar-refractivity contribution in [3.05, 3.63) is 58.7 Å². The summed E-state index contributed by atoms with van der Waals surface area (Å²) in [5.41, 5.74) is 5.49. The van der Waals surface area contributed by atoms with Gasteiger partial charge in [0.1, 0.15) is 5.75 Å². The summed E-state index contributed by atoms with van der Waals surface area (Å²) in [6.45, 7) is 6.22. The van der Waals surface area contributed by atoms with Gasteiger partial charge in [-0.1, -0.05) is 29.8 Å². The van der Waals surface area contributed by atoms with Gasteiger partial charge in [-0.15, -0.1) is 0 Å². The van der Waals surface area contributed by atoms with Crippen LogP contribution >= 0.6 is 0 Å². The third-order valence-corrected chi connectivity index (χ3v) is 2.85. The Balaban J connectivity index is 2.35. The van der Waals surface area contributed by atoms with E-state index < -0.39 is 0 Å². The first-order valence-corrected chi connectivity index (χ1v) is 5.97. The third kappa shape index (κ3) is 2.77. The molecule has 0 heterocycles. The van der Waals surface area contributed by atoms with E-state index in [4.69, 9.17) is 0 Å². The number of hydrogen-bond donors (Lipinski definition) is 1. The molecule has 2 nitrogen and oxygen atoms in total. The van der Waals surface area contributed by atoms with E-state index in [9.17, 15) is 5.11 Å². The van der Waals surface area contributed by atoms with Gasteiger partial charge in [-0.2, -0.15) is 0 Å². The Morgan fingerprint density at radius 1 is 1.00 bits per heavy atom. The molecule has 0 spiro atoms. The molecular formula is C16H17NO. The second-order valence-electron chi connectivity index (χ2n) is 4.60. The van der Waals surface area contributed by atoms with Gasteiger partial charge in [0.25, 0.3) is 0 Å². The number of nitrogens with zero attached hydrogens (tertiary/aromatic N) is 1. The van der Waals surface area contributed by atoms with E-state index in [1.54, 1.807) is 18.3 Å². The number of aryl methyl sites for hydroxylation is 3. The third-order valence-electron chi connectivity index (χ3n) is 2.85. The Morgan fingerprint density at radius 2 is 1.67 bits per heavy atom. The molecule has 0 aliphatic rings. The predicted molar refractivity (Wildman–Crippen MR) is 76.0 cm³/mol. The Kier molecular flexibility index (Phi) is 3.47. The molecule has 0 aromatic heterocycles. The Morgan fingerprint density at radius 3 is 2.28 bits per heavy atom. The maximum atomic E-state index is 9.39. The van der Waals surface area contributed by atoms with E-state index in [1.807, 2.05) is 12.1 Å². The second kappa shape index (κ2) is 5.05. The Bertz CT molecular complexity index is 577. The highest BCUT2D eigenvalue weighted by molar-refractivity contribution is 5.83. The second-order valence-corrected chi connectivity index (χ2v) is 4.60. The lowest BCUT2D eigenvalue weighted by atomic mass is 10.1. The van der Waals surface area contributed by atoms with Gasteiger partial charge in [0.05, 0.1) is 5.69 Å². The van der Waals surface area contributed by atoms with Crippen LogP contribution in [0.2, 0.25) is 0 Å². The van der Waals surface area contributed by atoms with E-state index >= 15 is 0 Å². The van der Waals surface area contributed by atoms with Crippen molar-refractivity contribution in [2.75, 3.05) is 0 Å². The number of phenolic OH excluding ortho intramolecular Hbond substituents is 1. The first-order chi connectivity index (χ1) is 8.56. The van der Waals surface area contributed by atoms with Crippen molar-refractivity contribution in [1.29, 1.82) is 0 Å². The highest BCUT2D eigenvalue weighted by atomic mass is 16.3. The smallest absolute Gasteiger partial charge is 0.116 e. The van der Waals surface area contributed by atoms with Crippen LogP contribution in [0.15, 0.2) is 41.4 Å². The topological polar surface area (TPSA) is 32.6 Å². The number of rotatable bonds is 2. The molecule has 18 heavy (non-hydrogen) atoms. The molecule has 2 aromatic carbocycles. The normalized spacial score (nSPS) is 11.1. The molecule has 0 fully saturated rings. The van der Waals surface area contributed by atoms with Crippen LogP contribution < -0.4 is 0 Å². The molecule has 0 bridgehead atoms. The molecular weight excluding hydrogens is 222 g/mol. The summed E-state index contributed by atoms with van der Waals surface area (Å²) in [6, 6.07) is 11.3. The Hall–Kier alpha value is -2.09. The standard InChI is InChI=1S/C16H17NO/c1-11-7-12(2)16(13(3)8-11)17-10-14-5-4-6-15(18)9-14/h4-10,18H,1-3H3. The van der Waals surface area contributed by atoms with Crippen LogP contribution in [0, 0.1) is 20.8 Å². The van der Waals surface area contributed by atoms with Gasteiger partial charge in [-0.3, -0.25) is 4.99 Å². The molecule has 92 valence electrons. The molecule has 0 saturated heterocycles. The summed E-state index contributed by atoms with van der Waals surface area (Å²) in [4.78, 5) is 4.52. The summed E-state index contributed by atoms with van der Waals surface area (Å²) >= 11 is 0. The van der Waals surface area contributed by atoms with Crippen molar-refractivity contribution >= 4 is 11.9 Å². The quantitative estimate of drug-likeness (QED) is 0.787. The highest BCUT2D eigenvalue weighted by Crippen LogP contribution is 2.25. The average Bonchev–Trinajstić information content (AvgIpc) is 2.27. The van der Waals surface area contributed by atoms with Gasteiger partial charge >= 0.3 is 0 Å². The van der Waals surface area contributed by atoms with Crippen molar-refractivity contribution < 1.29 is 5.11 Å². The lowest BCUT2D eigenvalue weighted by Crippen LogP contribution is -1.85. The number of hydrogen-bond acceptors (Lipinski definition) is 2. The van der Waals surface area contributed by atoms with Gasteiger partial charge in [0, 0.05) is 6.21 Å². The first kappa shape index (κ1) is 12.4. The van der Waals surface area contributed by atoms with Crippen LogP contribution in [0.1, 0.15) is 22.3 Å². The molecule has 0 saturated carbocycles. The highest BCUT2D eigenvalue weighted by Gasteiger charge is 2.01. The SMILES string of the molecule is Cc1cc(C)c(N=Cc2cccc(O)c2)c(C)c1. The van der Waals surface area contributed by atoms with E-state index in [0.29, 0.717) is 0 Å². The monoisotopic (exact) mass is 239 g/mol. The summed E-state index contributed by atoms with van der Waals surface area (Å²) in [7, 11) is 0. The fourth-order valence-corrected chi connectivity index (χ4v) is 2.12. The number of aliphatic imine (C=N–C) groups is 1. The van der Waals surface area contributed by atoms with E-state index in [0.717, 1.165) is 11.3 Å². The van der Waals surface area contributed by atoms with Crippen LogP contribution in [-0.2, 0) is 0 Å². The van der Waals surface area contributed by atoms with Gasteiger partial charge < -0.3 is 5.11 Å². The van der Waals surface area contributed by atoms with Gasteiger partial charge in [0.2, 0.25) is 0 Å². The largest absolute Gasteiger partial charge is 0.508 e.